The molecule has 2 rings (SSSR count). The molecule has 0 atom stereocenters. The van der Waals surface area contributed by atoms with Crippen LogP contribution in [0.25, 0.3) is 0 Å². The average Bonchev–Trinajstić information content (AvgIpc) is 2.36. The lowest BCUT2D eigenvalue weighted by atomic mass is 10.1. The zero-order chi connectivity index (χ0) is 14.0. The maximum Gasteiger partial charge on any atom is 0.259 e. The van der Waals surface area contributed by atoms with E-state index in [9.17, 15) is 15.0 Å². The molecule has 0 radical (unpaired) electrons. The molecule has 0 fully saturated rings. The number of amides is 1. The minimum Gasteiger partial charge on any atom is -0.504 e. The number of halogens is 1. The fraction of sp³-hybridized carbons (Fsp3) is 0. The number of carbonyl (C=O) groups excluding carboxylic acids is 1. The topological polar surface area (TPSA) is 95.6 Å². The number of nitrogens with two attached hydrogens (primary N) is 1. The van der Waals surface area contributed by atoms with Crippen LogP contribution in [0.2, 0.25) is 5.02 Å². The molecule has 5 nitrogen and oxygen atoms in total. The first-order valence-electron chi connectivity index (χ1n) is 5.36. The first-order chi connectivity index (χ1) is 8.99. The summed E-state index contributed by atoms with van der Waals surface area (Å²) in [7, 11) is 0. The van der Waals surface area contributed by atoms with Gasteiger partial charge in [0.25, 0.3) is 5.91 Å². The third-order valence-corrected chi connectivity index (χ3v) is 2.81. The number of aromatic hydroxyl groups is 2. The summed E-state index contributed by atoms with van der Waals surface area (Å²) in [6.45, 7) is 0. The van der Waals surface area contributed by atoms with Crippen molar-refractivity contribution in [3.8, 4) is 11.5 Å². The van der Waals surface area contributed by atoms with E-state index in [1.807, 2.05) is 0 Å². The van der Waals surface area contributed by atoms with E-state index < -0.39 is 11.7 Å². The molecule has 5 N–H and O–H groups in total. The van der Waals surface area contributed by atoms with Crippen molar-refractivity contribution in [3.05, 3.63) is 47.0 Å². The summed E-state index contributed by atoms with van der Waals surface area (Å²) in [6.07, 6.45) is 0. The molecule has 0 heterocycles. The maximum atomic E-state index is 12.0. The molecule has 0 saturated heterocycles. The van der Waals surface area contributed by atoms with Crippen molar-refractivity contribution < 1.29 is 15.0 Å². The van der Waals surface area contributed by atoms with Crippen molar-refractivity contribution >= 4 is 28.9 Å². The summed E-state index contributed by atoms with van der Waals surface area (Å²) in [5.74, 6) is -1.43. The maximum absolute atomic E-state index is 12.0. The van der Waals surface area contributed by atoms with Crippen molar-refractivity contribution in [2.45, 2.75) is 0 Å². The fourth-order valence-corrected chi connectivity index (χ4v) is 1.77. The van der Waals surface area contributed by atoms with E-state index in [0.29, 0.717) is 11.4 Å². The van der Waals surface area contributed by atoms with Gasteiger partial charge in [0.1, 0.15) is 0 Å². The summed E-state index contributed by atoms with van der Waals surface area (Å²) >= 11 is 5.93. The van der Waals surface area contributed by atoms with Gasteiger partial charge in [-0.2, -0.15) is 0 Å². The number of nitrogens with one attached hydrogen (secondary N) is 1. The fourth-order valence-electron chi connectivity index (χ4n) is 1.54. The molecule has 0 aromatic heterocycles. The Bertz CT molecular complexity index is 644. The lowest BCUT2D eigenvalue weighted by Gasteiger charge is -2.09. The molecule has 6 heteroatoms. The molecule has 0 bridgehead atoms. The van der Waals surface area contributed by atoms with Crippen molar-refractivity contribution in [1.82, 2.24) is 0 Å². The van der Waals surface area contributed by atoms with Crippen LogP contribution in [-0.2, 0) is 0 Å². The molecule has 19 heavy (non-hydrogen) atoms. The largest absolute Gasteiger partial charge is 0.504 e. The van der Waals surface area contributed by atoms with Gasteiger partial charge in [-0.25, -0.2) is 0 Å². The van der Waals surface area contributed by atoms with Crippen LogP contribution in [0.15, 0.2) is 36.4 Å². The van der Waals surface area contributed by atoms with Gasteiger partial charge >= 0.3 is 0 Å². The summed E-state index contributed by atoms with van der Waals surface area (Å²) in [5.41, 5.74) is 6.33. The Morgan fingerprint density at radius 3 is 2.63 bits per heavy atom. The summed E-state index contributed by atoms with van der Waals surface area (Å²) < 4.78 is 0. The SMILES string of the molecule is Nc1ccc(NC(=O)c2cccc(O)c2O)c(Cl)c1. The third kappa shape index (κ3) is 2.71. The number of hydrogen-bond donors (Lipinski definition) is 4. The van der Waals surface area contributed by atoms with Crippen molar-refractivity contribution in [2.24, 2.45) is 0 Å². The smallest absolute Gasteiger partial charge is 0.259 e. The average molecular weight is 279 g/mol. The van der Waals surface area contributed by atoms with Gasteiger partial charge in [0.05, 0.1) is 16.3 Å². The van der Waals surface area contributed by atoms with Gasteiger partial charge in [0, 0.05) is 5.69 Å². The molecule has 0 aliphatic heterocycles. The van der Waals surface area contributed by atoms with Gasteiger partial charge in [0.15, 0.2) is 11.5 Å². The van der Waals surface area contributed by atoms with Crippen LogP contribution in [0, 0.1) is 0 Å². The molecule has 98 valence electrons. The standard InChI is InChI=1S/C13H11ClN2O3/c14-9-6-7(15)4-5-10(9)16-13(19)8-2-1-3-11(17)12(8)18/h1-6,17-18H,15H2,(H,16,19). The number of benzene rings is 2. The Hall–Kier alpha value is -2.40. The van der Waals surface area contributed by atoms with Gasteiger partial charge in [0.2, 0.25) is 0 Å². The molecule has 0 unspecified atom stereocenters. The highest BCUT2D eigenvalue weighted by molar-refractivity contribution is 6.34. The summed E-state index contributed by atoms with van der Waals surface area (Å²) in [6, 6.07) is 8.76. The Labute approximate surface area is 114 Å². The minimum absolute atomic E-state index is 0.0482. The highest BCUT2D eigenvalue weighted by Crippen LogP contribution is 2.30. The summed E-state index contributed by atoms with van der Waals surface area (Å²) in [4.78, 5) is 12.0. The van der Waals surface area contributed by atoms with Crippen LogP contribution in [0.3, 0.4) is 0 Å². The van der Waals surface area contributed by atoms with Crippen LogP contribution in [0.5, 0.6) is 11.5 Å². The summed E-state index contributed by atoms with van der Waals surface area (Å²) in [5, 5.41) is 21.7. The van der Waals surface area contributed by atoms with Gasteiger partial charge in [-0.1, -0.05) is 17.7 Å². The zero-order valence-electron chi connectivity index (χ0n) is 9.72. The predicted molar refractivity (Wildman–Crippen MR) is 73.6 cm³/mol. The molecule has 2 aromatic rings. The van der Waals surface area contributed by atoms with Crippen LogP contribution in [0.4, 0.5) is 11.4 Å². The van der Waals surface area contributed by atoms with E-state index in [0.717, 1.165) is 0 Å². The number of carbonyl (C=O) groups is 1. The number of phenols is 2. The highest BCUT2D eigenvalue weighted by atomic mass is 35.5. The number of anilines is 2. The Morgan fingerprint density at radius 2 is 1.95 bits per heavy atom. The molecular formula is C13H11ClN2O3. The Kier molecular flexibility index (Phi) is 3.48. The third-order valence-electron chi connectivity index (χ3n) is 2.50. The number of phenolic OH excluding ortho intramolecular Hbond substituents is 2. The van der Waals surface area contributed by atoms with Gasteiger partial charge in [-0.05, 0) is 30.3 Å². The molecule has 2 aromatic carbocycles. The number of rotatable bonds is 2. The van der Waals surface area contributed by atoms with Gasteiger partial charge < -0.3 is 21.3 Å². The second kappa shape index (κ2) is 5.07. The van der Waals surface area contributed by atoms with E-state index in [4.69, 9.17) is 17.3 Å². The van der Waals surface area contributed by atoms with Crippen LogP contribution in [0.1, 0.15) is 10.4 Å². The van der Waals surface area contributed by atoms with Crippen LogP contribution >= 0.6 is 11.6 Å². The molecular weight excluding hydrogens is 268 g/mol. The first kappa shape index (κ1) is 13.0. The van der Waals surface area contributed by atoms with Crippen molar-refractivity contribution in [1.29, 1.82) is 0 Å². The minimum atomic E-state index is -0.583. The van der Waals surface area contributed by atoms with E-state index >= 15 is 0 Å². The van der Waals surface area contributed by atoms with Crippen molar-refractivity contribution in [3.63, 3.8) is 0 Å². The van der Waals surface area contributed by atoms with Crippen molar-refractivity contribution in [2.75, 3.05) is 11.1 Å². The molecule has 0 spiro atoms. The van der Waals surface area contributed by atoms with E-state index in [-0.39, 0.29) is 16.3 Å². The van der Waals surface area contributed by atoms with E-state index in [2.05, 4.69) is 5.32 Å². The molecule has 1 amide bonds. The normalized spacial score (nSPS) is 10.2. The highest BCUT2D eigenvalue weighted by Gasteiger charge is 2.15. The second-order valence-electron chi connectivity index (χ2n) is 3.87. The molecule has 0 saturated carbocycles. The van der Waals surface area contributed by atoms with Gasteiger partial charge in [-0.3, -0.25) is 4.79 Å². The number of para-hydroxylation sites is 1. The van der Waals surface area contributed by atoms with Gasteiger partial charge in [-0.15, -0.1) is 0 Å². The Morgan fingerprint density at radius 1 is 1.21 bits per heavy atom. The number of nitrogen functional groups attached to an aromatic ring is 1. The predicted octanol–water partition coefficient (Wildman–Crippen LogP) is 2.59. The quantitative estimate of drug-likeness (QED) is 0.501. The monoisotopic (exact) mass is 278 g/mol. The zero-order valence-corrected chi connectivity index (χ0v) is 10.5. The number of hydrogen-bond acceptors (Lipinski definition) is 4. The Balaban J connectivity index is 2.28. The van der Waals surface area contributed by atoms with E-state index in [1.165, 1.54) is 24.3 Å². The lowest BCUT2D eigenvalue weighted by molar-refractivity contribution is 0.102. The van der Waals surface area contributed by atoms with E-state index in [1.54, 1.807) is 12.1 Å². The van der Waals surface area contributed by atoms with Crippen LogP contribution in [-0.4, -0.2) is 16.1 Å². The van der Waals surface area contributed by atoms with Crippen LogP contribution < -0.4 is 11.1 Å². The molecule has 0 aliphatic carbocycles. The molecule has 0 aliphatic rings. The lowest BCUT2D eigenvalue weighted by Crippen LogP contribution is -2.12. The first-order valence-corrected chi connectivity index (χ1v) is 5.74. The second-order valence-corrected chi connectivity index (χ2v) is 4.27.